The van der Waals surface area contributed by atoms with Crippen LogP contribution in [-0.2, 0) is 4.43 Å². The lowest BCUT2D eigenvalue weighted by Crippen LogP contribution is -2.53. The number of guanidine groups is 1. The highest BCUT2D eigenvalue weighted by molar-refractivity contribution is 14.1. The van der Waals surface area contributed by atoms with E-state index in [2.05, 4.69) is 63.8 Å². The maximum Gasteiger partial charge on any atom is 0.320 e. The number of amides is 4. The van der Waals surface area contributed by atoms with Crippen LogP contribution < -0.4 is 32.7 Å². The fourth-order valence-corrected chi connectivity index (χ4v) is 4.80. The van der Waals surface area contributed by atoms with Gasteiger partial charge in [0.15, 0.2) is 17.5 Å². The number of hydrogen-bond acceptors (Lipinski definition) is 8. The van der Waals surface area contributed by atoms with Crippen molar-refractivity contribution in [3.63, 3.8) is 0 Å². The zero-order valence-corrected chi connectivity index (χ0v) is 23.2. The van der Waals surface area contributed by atoms with E-state index < -0.39 is 5.91 Å². The predicted molar refractivity (Wildman–Crippen MR) is 151 cm³/mol. The first kappa shape index (κ1) is 27.3. The van der Waals surface area contributed by atoms with Gasteiger partial charge < -0.3 is 32.3 Å². The van der Waals surface area contributed by atoms with E-state index in [1.54, 1.807) is 17.0 Å². The van der Waals surface area contributed by atoms with Gasteiger partial charge in [0.2, 0.25) is 0 Å². The van der Waals surface area contributed by atoms with Crippen LogP contribution in [0.2, 0.25) is 0 Å². The molecule has 0 unspecified atom stereocenters. The lowest BCUT2D eigenvalue weighted by Gasteiger charge is -2.38. The first-order valence-electron chi connectivity index (χ1n) is 12.0. The summed E-state index contributed by atoms with van der Waals surface area (Å²) in [6.07, 6.45) is 2.79. The fraction of sp³-hybridized carbons (Fsp3) is 0.435. The van der Waals surface area contributed by atoms with Crippen molar-refractivity contribution in [2.24, 2.45) is 4.99 Å². The van der Waals surface area contributed by atoms with E-state index in [1.165, 1.54) is 6.20 Å². The standard InChI is InChI=1S/C23H30IN11O3/c1-12(2)29-22(38)31-15-9-13(3-6-27-15)20(37)35-7-4-23(5-8-35)11-28-21(34-23)33-19(36)16-18(26)32-17(25)14(10-24)30-16/h3,6,9,12H,4-5,7-8,10-11H2,1-2H3,(H4,25,26,32)(H2,27,29,31,38)(H2,28,33,34,36). The summed E-state index contributed by atoms with van der Waals surface area (Å²) in [5.74, 6) is -0.0209. The summed E-state index contributed by atoms with van der Waals surface area (Å²) in [6, 6.07) is 2.78. The molecular formula is C23H30IN11O3. The minimum Gasteiger partial charge on any atom is -0.382 e. The number of piperidine rings is 1. The SMILES string of the molecule is CC(C)NC(=O)Nc1cc(C(=O)N2CCC3(CC2)CN/C(=N\C(=O)c2nc(CI)c(N)nc2N)N3)ccn1. The fourth-order valence-electron chi connectivity index (χ4n) is 4.24. The Kier molecular flexibility index (Phi) is 8.13. The van der Waals surface area contributed by atoms with Crippen LogP contribution in [0.5, 0.6) is 0 Å². The topological polar surface area (TPSA) is 206 Å². The van der Waals surface area contributed by atoms with Gasteiger partial charge in [-0.15, -0.1) is 0 Å². The zero-order valence-electron chi connectivity index (χ0n) is 21.0. The van der Waals surface area contributed by atoms with E-state index in [9.17, 15) is 14.4 Å². The Bertz CT molecular complexity index is 1280. The Hall–Kier alpha value is -3.76. The molecule has 1 spiro atoms. The number of anilines is 3. The van der Waals surface area contributed by atoms with Crippen molar-refractivity contribution in [1.82, 2.24) is 35.8 Å². The van der Waals surface area contributed by atoms with Gasteiger partial charge in [0.1, 0.15) is 11.6 Å². The molecule has 0 atom stereocenters. The zero-order chi connectivity index (χ0) is 27.4. The van der Waals surface area contributed by atoms with Crippen LogP contribution in [0.25, 0.3) is 0 Å². The van der Waals surface area contributed by atoms with Crippen LogP contribution in [-0.4, -0.2) is 74.9 Å². The monoisotopic (exact) mass is 635 g/mol. The number of nitrogen functional groups attached to an aromatic ring is 2. The number of alkyl halides is 1. The summed E-state index contributed by atoms with van der Waals surface area (Å²) in [7, 11) is 0. The molecule has 14 nitrogen and oxygen atoms in total. The number of halogens is 1. The molecule has 2 aliphatic rings. The Morgan fingerprint density at radius 1 is 1.21 bits per heavy atom. The molecule has 2 aromatic rings. The largest absolute Gasteiger partial charge is 0.382 e. The molecule has 8 N–H and O–H groups in total. The summed E-state index contributed by atoms with van der Waals surface area (Å²) >= 11 is 2.08. The third-order valence-corrected chi connectivity index (χ3v) is 6.94. The lowest BCUT2D eigenvalue weighted by molar-refractivity contribution is 0.0669. The molecule has 0 bridgehead atoms. The average molecular weight is 635 g/mol. The van der Waals surface area contributed by atoms with Crippen molar-refractivity contribution in [3.05, 3.63) is 35.3 Å². The molecule has 4 rings (SSSR count). The molecule has 15 heteroatoms. The highest BCUT2D eigenvalue weighted by Gasteiger charge is 2.41. The van der Waals surface area contributed by atoms with Gasteiger partial charge >= 0.3 is 11.9 Å². The predicted octanol–water partition coefficient (Wildman–Crippen LogP) is 0.865. The number of hydrogen-bond donors (Lipinski definition) is 6. The highest BCUT2D eigenvalue weighted by atomic mass is 127. The van der Waals surface area contributed by atoms with Crippen LogP contribution >= 0.6 is 22.6 Å². The van der Waals surface area contributed by atoms with E-state index in [-0.39, 0.29) is 40.8 Å². The Morgan fingerprint density at radius 3 is 2.63 bits per heavy atom. The third-order valence-electron chi connectivity index (χ3n) is 6.22. The number of carbonyl (C=O) groups is 3. The number of nitrogens with one attached hydrogen (secondary N) is 4. The number of urea groups is 1. The number of rotatable bonds is 5. The molecule has 2 saturated heterocycles. The third kappa shape index (κ3) is 6.20. The second kappa shape index (κ2) is 11.3. The summed E-state index contributed by atoms with van der Waals surface area (Å²) < 4.78 is 0.480. The molecule has 0 aromatic carbocycles. The van der Waals surface area contributed by atoms with Crippen LogP contribution in [0, 0.1) is 0 Å². The minimum absolute atomic E-state index is 0.0269. The summed E-state index contributed by atoms with van der Waals surface area (Å²) in [5, 5.41) is 11.8. The summed E-state index contributed by atoms with van der Waals surface area (Å²) in [5.41, 5.74) is 12.2. The van der Waals surface area contributed by atoms with Gasteiger partial charge in [0, 0.05) is 41.9 Å². The number of pyridine rings is 1. The highest BCUT2D eigenvalue weighted by Crippen LogP contribution is 2.26. The molecule has 202 valence electrons. The van der Waals surface area contributed by atoms with Crippen LogP contribution in [0.15, 0.2) is 23.3 Å². The van der Waals surface area contributed by atoms with E-state index in [4.69, 9.17) is 11.5 Å². The normalized spacial score (nSPS) is 17.3. The number of carbonyl (C=O) groups excluding carboxylic acids is 3. The molecular weight excluding hydrogens is 605 g/mol. The van der Waals surface area contributed by atoms with Gasteiger partial charge in [0.25, 0.3) is 5.91 Å². The molecule has 0 saturated carbocycles. The molecule has 0 radical (unpaired) electrons. The number of likely N-dealkylation sites (tertiary alicyclic amines) is 1. The minimum atomic E-state index is -0.620. The lowest BCUT2D eigenvalue weighted by atomic mass is 9.88. The van der Waals surface area contributed by atoms with Gasteiger partial charge in [-0.3, -0.25) is 14.9 Å². The van der Waals surface area contributed by atoms with Crippen LogP contribution in [0.3, 0.4) is 0 Å². The Labute approximate surface area is 233 Å². The molecule has 2 aliphatic heterocycles. The van der Waals surface area contributed by atoms with Crippen molar-refractivity contribution >= 4 is 63.8 Å². The van der Waals surface area contributed by atoms with E-state index >= 15 is 0 Å². The van der Waals surface area contributed by atoms with Crippen LogP contribution in [0.1, 0.15) is 53.2 Å². The maximum atomic E-state index is 13.1. The molecule has 38 heavy (non-hydrogen) atoms. The second-order valence-electron chi connectivity index (χ2n) is 9.42. The first-order chi connectivity index (χ1) is 18.1. The molecule has 2 fully saturated rings. The number of nitrogens with two attached hydrogens (primary N) is 2. The van der Waals surface area contributed by atoms with Gasteiger partial charge in [0.05, 0.1) is 11.2 Å². The van der Waals surface area contributed by atoms with Gasteiger partial charge in [-0.2, -0.15) is 4.99 Å². The van der Waals surface area contributed by atoms with Crippen molar-refractivity contribution in [3.8, 4) is 0 Å². The quantitative estimate of drug-likeness (QED) is 0.202. The molecule has 0 aliphatic carbocycles. The Balaban J connectivity index is 1.36. The van der Waals surface area contributed by atoms with Crippen molar-refractivity contribution < 1.29 is 14.4 Å². The van der Waals surface area contributed by atoms with Gasteiger partial charge in [-0.25, -0.2) is 19.7 Å². The maximum absolute atomic E-state index is 13.1. The summed E-state index contributed by atoms with van der Waals surface area (Å²) in [6.45, 7) is 5.26. The second-order valence-corrected chi connectivity index (χ2v) is 10.2. The molecule has 2 aromatic heterocycles. The van der Waals surface area contributed by atoms with Gasteiger partial charge in [-0.1, -0.05) is 22.6 Å². The number of aromatic nitrogens is 3. The average Bonchev–Trinajstić information content (AvgIpc) is 3.25. The molecule has 4 amide bonds. The Morgan fingerprint density at radius 2 is 1.95 bits per heavy atom. The van der Waals surface area contributed by atoms with Crippen LogP contribution in [0.4, 0.5) is 22.2 Å². The smallest absolute Gasteiger partial charge is 0.320 e. The van der Waals surface area contributed by atoms with E-state index in [0.29, 0.717) is 59.9 Å². The van der Waals surface area contributed by atoms with Crippen molar-refractivity contribution in [2.45, 2.75) is 42.7 Å². The van der Waals surface area contributed by atoms with Crippen molar-refractivity contribution in [2.75, 3.05) is 36.4 Å². The van der Waals surface area contributed by atoms with Crippen molar-refractivity contribution in [1.29, 1.82) is 0 Å². The molecule has 4 heterocycles. The first-order valence-corrected chi connectivity index (χ1v) is 13.6. The van der Waals surface area contributed by atoms with Gasteiger partial charge in [-0.05, 0) is 38.8 Å². The van der Waals surface area contributed by atoms with E-state index in [0.717, 1.165) is 0 Å². The number of nitrogens with zero attached hydrogens (tertiary/aromatic N) is 5. The number of aliphatic imine (C=N–C) groups is 1. The van der Waals surface area contributed by atoms with E-state index in [1.807, 2.05) is 13.8 Å². The summed E-state index contributed by atoms with van der Waals surface area (Å²) in [4.78, 5) is 56.0.